The van der Waals surface area contributed by atoms with Crippen LogP contribution in [0.1, 0.15) is 13.8 Å². The average molecular weight is 427 g/mol. The van der Waals surface area contributed by atoms with Gasteiger partial charge in [-0.2, -0.15) is 0 Å². The number of rotatable bonds is 2. The number of para-hydroxylation sites is 3. The number of benzene rings is 3. The maximum atomic E-state index is 5.97. The van der Waals surface area contributed by atoms with Gasteiger partial charge < -0.3 is 9.64 Å². The van der Waals surface area contributed by atoms with Gasteiger partial charge >= 0.3 is 0 Å². The van der Waals surface area contributed by atoms with E-state index in [0.29, 0.717) is 6.61 Å². The van der Waals surface area contributed by atoms with Crippen molar-refractivity contribution in [2.45, 2.75) is 13.8 Å². The molecule has 0 amide bonds. The van der Waals surface area contributed by atoms with Crippen LogP contribution in [-0.4, -0.2) is 18.1 Å². The number of allylic oxidation sites excluding steroid dienone is 2. The first kappa shape index (κ1) is 20.9. The lowest BCUT2D eigenvalue weighted by molar-refractivity contribution is 0.363. The third-order valence-electron chi connectivity index (χ3n) is 4.88. The number of hydrogen-bond acceptors (Lipinski definition) is 4. The molecular formula is C27H26N2OS. The van der Waals surface area contributed by atoms with Crippen LogP contribution in [0, 0.1) is 0 Å². The highest BCUT2D eigenvalue weighted by Crippen LogP contribution is 2.36. The van der Waals surface area contributed by atoms with Gasteiger partial charge in [0, 0.05) is 17.8 Å². The summed E-state index contributed by atoms with van der Waals surface area (Å²) in [5.41, 5.74) is 4.39. The van der Waals surface area contributed by atoms with Gasteiger partial charge in [0.2, 0.25) is 0 Å². The average Bonchev–Trinajstić information content (AvgIpc) is 3.28. The first-order valence-electron chi connectivity index (χ1n) is 10.7. The fourth-order valence-corrected chi connectivity index (χ4v) is 4.41. The van der Waals surface area contributed by atoms with Gasteiger partial charge in [0.05, 0.1) is 15.9 Å². The van der Waals surface area contributed by atoms with E-state index in [1.54, 1.807) is 11.3 Å². The Labute approximate surface area is 188 Å². The van der Waals surface area contributed by atoms with Gasteiger partial charge in [-0.3, -0.25) is 0 Å². The number of thiazole rings is 1. The summed E-state index contributed by atoms with van der Waals surface area (Å²) < 4.78 is 7.19. The number of hydrogen-bond donors (Lipinski definition) is 0. The van der Waals surface area contributed by atoms with Crippen molar-refractivity contribution in [3.05, 3.63) is 97.1 Å². The number of anilines is 2. The molecule has 4 heteroatoms. The first-order chi connectivity index (χ1) is 15.4. The maximum absolute atomic E-state index is 5.97. The van der Waals surface area contributed by atoms with Crippen molar-refractivity contribution in [1.82, 2.24) is 4.98 Å². The van der Waals surface area contributed by atoms with Crippen LogP contribution in [0.4, 0.5) is 11.4 Å². The summed E-state index contributed by atoms with van der Waals surface area (Å²) in [4.78, 5) is 7.05. The summed E-state index contributed by atoms with van der Waals surface area (Å²) in [6, 6.07) is 25.1. The minimum atomic E-state index is 0.561. The van der Waals surface area contributed by atoms with Crippen molar-refractivity contribution < 1.29 is 4.74 Å². The first-order valence-corrected chi connectivity index (χ1v) is 11.5. The molecule has 156 valence electrons. The topological polar surface area (TPSA) is 25.4 Å². The zero-order chi connectivity index (χ0) is 21.5. The molecule has 0 saturated carbocycles. The second-order valence-corrected chi connectivity index (χ2v) is 7.81. The number of fused-ring (bicyclic) bond motifs is 2. The van der Waals surface area contributed by atoms with E-state index in [2.05, 4.69) is 71.6 Å². The molecule has 2 heterocycles. The largest absolute Gasteiger partial charge is 0.487 e. The predicted octanol–water partition coefficient (Wildman–Crippen LogP) is 7.63. The summed E-state index contributed by atoms with van der Waals surface area (Å²) in [7, 11) is 0. The fourth-order valence-electron chi connectivity index (χ4n) is 3.44. The normalized spacial score (nSPS) is 15.2. The van der Waals surface area contributed by atoms with E-state index in [0.717, 1.165) is 39.8 Å². The lowest BCUT2D eigenvalue weighted by atomic mass is 10.1. The Balaban J connectivity index is 0.00000112. The number of nitrogens with zero attached hydrogens (tertiary/aromatic N) is 2. The Morgan fingerprint density at radius 1 is 0.839 bits per heavy atom. The maximum Gasteiger partial charge on any atom is 0.143 e. The van der Waals surface area contributed by atoms with Gasteiger partial charge in [0.15, 0.2) is 0 Å². The Morgan fingerprint density at radius 3 is 2.42 bits per heavy atom. The van der Waals surface area contributed by atoms with E-state index in [4.69, 9.17) is 9.72 Å². The second-order valence-electron chi connectivity index (χ2n) is 6.78. The van der Waals surface area contributed by atoms with Crippen LogP contribution in [0.25, 0.3) is 20.8 Å². The van der Waals surface area contributed by atoms with Crippen molar-refractivity contribution in [1.29, 1.82) is 0 Å². The van der Waals surface area contributed by atoms with E-state index in [-0.39, 0.29) is 0 Å². The van der Waals surface area contributed by atoms with Gasteiger partial charge in [-0.05, 0) is 54.6 Å². The SMILES string of the molecule is C1=C\COc2ccccc2N(c2ccc(-c3nc4ccccc4s3)cc2)C\C=C/1.CC. The van der Waals surface area contributed by atoms with Crippen molar-refractivity contribution in [3.63, 3.8) is 0 Å². The van der Waals surface area contributed by atoms with Gasteiger partial charge in [0.25, 0.3) is 0 Å². The van der Waals surface area contributed by atoms with E-state index >= 15 is 0 Å². The Morgan fingerprint density at radius 2 is 1.58 bits per heavy atom. The summed E-state index contributed by atoms with van der Waals surface area (Å²) >= 11 is 1.73. The number of aromatic nitrogens is 1. The zero-order valence-electron chi connectivity index (χ0n) is 17.9. The molecule has 31 heavy (non-hydrogen) atoms. The molecule has 0 radical (unpaired) electrons. The van der Waals surface area contributed by atoms with Crippen molar-refractivity contribution in [3.8, 4) is 16.3 Å². The number of ether oxygens (including phenoxy) is 1. The van der Waals surface area contributed by atoms with Gasteiger partial charge in [-0.1, -0.05) is 56.3 Å². The molecule has 0 spiro atoms. The highest BCUT2D eigenvalue weighted by Gasteiger charge is 2.14. The molecule has 0 atom stereocenters. The molecule has 1 aromatic heterocycles. The second kappa shape index (κ2) is 10.1. The van der Waals surface area contributed by atoms with Crippen LogP contribution in [0.15, 0.2) is 97.1 Å². The molecule has 0 N–H and O–H groups in total. The van der Waals surface area contributed by atoms with Crippen molar-refractivity contribution in [2.75, 3.05) is 18.1 Å². The molecule has 4 aromatic rings. The standard InChI is InChI=1S/C25H20N2OS.C2H6/c1-2-8-18-28-23-11-5-4-10-22(23)27(17-7-1)20-15-13-19(14-16-20)25-26-21-9-3-6-12-24(21)29-25;1-2/h1-16H,17-18H2;1-2H3/b7-1-,8-2-;. The Kier molecular flexibility index (Phi) is 6.80. The van der Waals surface area contributed by atoms with Gasteiger partial charge in [-0.15, -0.1) is 11.3 Å². The van der Waals surface area contributed by atoms with E-state index < -0.39 is 0 Å². The summed E-state index contributed by atoms with van der Waals surface area (Å²) in [6.07, 6.45) is 8.29. The third kappa shape index (κ3) is 4.70. The fraction of sp³-hybridized carbons (Fsp3) is 0.148. The quantitative estimate of drug-likeness (QED) is 0.329. The van der Waals surface area contributed by atoms with Crippen LogP contribution >= 0.6 is 11.3 Å². The van der Waals surface area contributed by atoms with Crippen LogP contribution in [0.5, 0.6) is 5.75 Å². The minimum Gasteiger partial charge on any atom is -0.487 e. The van der Waals surface area contributed by atoms with Gasteiger partial charge in [0.1, 0.15) is 17.4 Å². The molecule has 0 fully saturated rings. The predicted molar refractivity (Wildman–Crippen MR) is 134 cm³/mol. The molecule has 0 aliphatic carbocycles. The molecule has 1 aliphatic heterocycles. The van der Waals surface area contributed by atoms with E-state index in [1.165, 1.54) is 4.70 Å². The molecule has 0 bridgehead atoms. The molecule has 0 unspecified atom stereocenters. The molecule has 3 nitrogen and oxygen atoms in total. The zero-order valence-corrected chi connectivity index (χ0v) is 18.7. The lowest BCUT2D eigenvalue weighted by Crippen LogP contribution is -2.18. The summed E-state index contributed by atoms with van der Waals surface area (Å²) in [5, 5.41) is 1.05. The van der Waals surface area contributed by atoms with Crippen LogP contribution in [0.2, 0.25) is 0 Å². The third-order valence-corrected chi connectivity index (χ3v) is 5.97. The Hall–Kier alpha value is -3.37. The smallest absolute Gasteiger partial charge is 0.143 e. The monoisotopic (exact) mass is 426 g/mol. The molecule has 1 aliphatic rings. The Bertz CT molecular complexity index is 1160. The van der Waals surface area contributed by atoms with Crippen LogP contribution in [-0.2, 0) is 0 Å². The molecular weight excluding hydrogens is 400 g/mol. The summed E-state index contributed by atoms with van der Waals surface area (Å²) in [5.74, 6) is 0.891. The van der Waals surface area contributed by atoms with Gasteiger partial charge in [-0.25, -0.2) is 4.98 Å². The summed E-state index contributed by atoms with van der Waals surface area (Å²) in [6.45, 7) is 5.33. The minimum absolute atomic E-state index is 0.561. The lowest BCUT2D eigenvalue weighted by Gasteiger charge is -2.26. The molecule has 0 saturated heterocycles. The van der Waals surface area contributed by atoms with Crippen molar-refractivity contribution >= 4 is 32.9 Å². The highest BCUT2D eigenvalue weighted by atomic mass is 32.1. The molecule has 3 aromatic carbocycles. The van der Waals surface area contributed by atoms with Crippen molar-refractivity contribution in [2.24, 2.45) is 0 Å². The van der Waals surface area contributed by atoms with Crippen LogP contribution in [0.3, 0.4) is 0 Å². The molecule has 5 rings (SSSR count). The van der Waals surface area contributed by atoms with E-state index in [1.807, 2.05) is 44.2 Å². The van der Waals surface area contributed by atoms with E-state index in [9.17, 15) is 0 Å². The highest BCUT2D eigenvalue weighted by molar-refractivity contribution is 7.21. The van der Waals surface area contributed by atoms with Crippen LogP contribution < -0.4 is 9.64 Å².